The van der Waals surface area contributed by atoms with Crippen molar-refractivity contribution in [1.29, 1.82) is 0 Å². The largest absolute Gasteiger partial charge is 0.326 e. The van der Waals surface area contributed by atoms with Crippen LogP contribution in [-0.2, 0) is 9.59 Å². The van der Waals surface area contributed by atoms with Crippen LogP contribution in [0.4, 0.5) is 11.4 Å². The summed E-state index contributed by atoms with van der Waals surface area (Å²) in [7, 11) is 0. The van der Waals surface area contributed by atoms with E-state index in [1.54, 1.807) is 0 Å². The lowest BCUT2D eigenvalue weighted by molar-refractivity contribution is -0.116. The monoisotopic (exact) mass is 356 g/mol. The van der Waals surface area contributed by atoms with Gasteiger partial charge in [-0.05, 0) is 43.2 Å². The Morgan fingerprint density at radius 2 is 1.80 bits per heavy atom. The number of thioether (sulfide) groups is 1. The molecule has 4 nitrogen and oxygen atoms in total. The molecule has 2 aromatic carbocycles. The zero-order valence-corrected chi connectivity index (χ0v) is 15.5. The summed E-state index contributed by atoms with van der Waals surface area (Å²) in [6.45, 7) is 4.03. The van der Waals surface area contributed by atoms with Gasteiger partial charge in [0.15, 0.2) is 0 Å². The lowest BCUT2D eigenvalue weighted by Crippen LogP contribution is -2.14. The third-order valence-corrected chi connectivity index (χ3v) is 4.66. The van der Waals surface area contributed by atoms with Crippen molar-refractivity contribution in [3.8, 4) is 0 Å². The SMILES string of the molecule is CCCCC(=O)Nc1cccc(SCC(=O)Nc2ccccc2C)c1. The average Bonchev–Trinajstić information content (AvgIpc) is 2.60. The zero-order valence-electron chi connectivity index (χ0n) is 14.7. The number of nitrogens with one attached hydrogen (secondary N) is 2. The van der Waals surface area contributed by atoms with Gasteiger partial charge in [0.1, 0.15) is 0 Å². The molecule has 5 heteroatoms. The molecule has 2 amide bonds. The molecule has 0 aromatic heterocycles. The summed E-state index contributed by atoms with van der Waals surface area (Å²) in [5, 5.41) is 5.82. The minimum absolute atomic E-state index is 0.0290. The summed E-state index contributed by atoms with van der Waals surface area (Å²) in [6.07, 6.45) is 2.42. The van der Waals surface area contributed by atoms with Crippen LogP contribution in [0.3, 0.4) is 0 Å². The molecule has 132 valence electrons. The highest BCUT2D eigenvalue weighted by Gasteiger charge is 2.07. The van der Waals surface area contributed by atoms with Gasteiger partial charge in [0, 0.05) is 22.7 Å². The van der Waals surface area contributed by atoms with Gasteiger partial charge in [0.25, 0.3) is 0 Å². The third-order valence-electron chi connectivity index (χ3n) is 3.66. The summed E-state index contributed by atoms with van der Waals surface area (Å²) in [5.74, 6) is 0.305. The Bertz CT molecular complexity index is 731. The molecule has 0 aliphatic rings. The summed E-state index contributed by atoms with van der Waals surface area (Å²) in [6, 6.07) is 15.3. The Labute approximate surface area is 153 Å². The van der Waals surface area contributed by atoms with Gasteiger partial charge in [-0.3, -0.25) is 9.59 Å². The first-order chi connectivity index (χ1) is 12.1. The fraction of sp³-hybridized carbons (Fsp3) is 0.300. The molecule has 0 unspecified atom stereocenters. The predicted octanol–water partition coefficient (Wildman–Crippen LogP) is 4.85. The van der Waals surface area contributed by atoms with Gasteiger partial charge in [-0.25, -0.2) is 0 Å². The molecule has 0 radical (unpaired) electrons. The number of anilines is 2. The fourth-order valence-electron chi connectivity index (χ4n) is 2.27. The summed E-state index contributed by atoms with van der Waals surface area (Å²) < 4.78 is 0. The molecule has 0 spiro atoms. The summed E-state index contributed by atoms with van der Waals surface area (Å²) >= 11 is 1.45. The Hall–Kier alpha value is -2.27. The van der Waals surface area contributed by atoms with Crippen molar-refractivity contribution in [1.82, 2.24) is 0 Å². The number of unbranched alkanes of at least 4 members (excludes halogenated alkanes) is 1. The highest BCUT2D eigenvalue weighted by molar-refractivity contribution is 8.00. The van der Waals surface area contributed by atoms with Gasteiger partial charge in [-0.15, -0.1) is 11.8 Å². The van der Waals surface area contributed by atoms with Crippen LogP contribution < -0.4 is 10.6 Å². The second kappa shape index (κ2) is 9.89. The number of aryl methyl sites for hydroxylation is 1. The molecule has 0 heterocycles. The number of carbonyl (C=O) groups excluding carboxylic acids is 2. The maximum absolute atomic E-state index is 12.1. The molecule has 0 fully saturated rings. The second-order valence-electron chi connectivity index (χ2n) is 5.83. The van der Waals surface area contributed by atoms with Crippen molar-refractivity contribution in [3.05, 3.63) is 54.1 Å². The van der Waals surface area contributed by atoms with Crippen LogP contribution in [0.2, 0.25) is 0 Å². The Balaban J connectivity index is 1.86. The van der Waals surface area contributed by atoms with Crippen LogP contribution in [0, 0.1) is 6.92 Å². The van der Waals surface area contributed by atoms with Gasteiger partial charge in [-0.1, -0.05) is 37.6 Å². The van der Waals surface area contributed by atoms with E-state index in [9.17, 15) is 9.59 Å². The molecule has 0 aliphatic heterocycles. The Morgan fingerprint density at radius 3 is 2.56 bits per heavy atom. The van der Waals surface area contributed by atoms with Gasteiger partial charge in [-0.2, -0.15) is 0 Å². The molecule has 2 N–H and O–H groups in total. The smallest absolute Gasteiger partial charge is 0.234 e. The van der Waals surface area contributed by atoms with Crippen molar-refractivity contribution in [2.75, 3.05) is 16.4 Å². The molecule has 25 heavy (non-hydrogen) atoms. The van der Waals surface area contributed by atoms with Crippen LogP contribution >= 0.6 is 11.8 Å². The van der Waals surface area contributed by atoms with Gasteiger partial charge in [0.05, 0.1) is 5.75 Å². The van der Waals surface area contributed by atoms with E-state index in [1.807, 2.05) is 55.5 Å². The maximum Gasteiger partial charge on any atom is 0.234 e. The minimum atomic E-state index is -0.0447. The van der Waals surface area contributed by atoms with Crippen molar-refractivity contribution in [3.63, 3.8) is 0 Å². The standard InChI is InChI=1S/C20H24N2O2S/c1-3-4-12-19(23)21-16-9-7-10-17(13-16)25-14-20(24)22-18-11-6-5-8-15(18)2/h5-11,13H,3-4,12,14H2,1-2H3,(H,21,23)(H,22,24). The number of carbonyl (C=O) groups is 2. The first-order valence-corrected chi connectivity index (χ1v) is 9.45. The van der Waals surface area contributed by atoms with Gasteiger partial charge < -0.3 is 10.6 Å². The first kappa shape index (κ1) is 19.1. The van der Waals surface area contributed by atoms with E-state index < -0.39 is 0 Å². The molecule has 0 aliphatic carbocycles. The van der Waals surface area contributed by atoms with E-state index in [0.717, 1.165) is 34.7 Å². The molecular formula is C20H24N2O2S. The molecule has 0 bridgehead atoms. The van der Waals surface area contributed by atoms with Crippen LogP contribution in [0.15, 0.2) is 53.4 Å². The van der Waals surface area contributed by atoms with E-state index >= 15 is 0 Å². The molecule has 2 aromatic rings. The molecular weight excluding hydrogens is 332 g/mol. The number of hydrogen-bond acceptors (Lipinski definition) is 3. The van der Waals surface area contributed by atoms with Crippen molar-refractivity contribution in [2.45, 2.75) is 38.0 Å². The van der Waals surface area contributed by atoms with Crippen LogP contribution in [0.25, 0.3) is 0 Å². The Kier molecular flexibility index (Phi) is 7.54. The van der Waals surface area contributed by atoms with Gasteiger partial charge >= 0.3 is 0 Å². The number of hydrogen-bond donors (Lipinski definition) is 2. The predicted molar refractivity (Wildman–Crippen MR) is 105 cm³/mol. The van der Waals surface area contributed by atoms with Crippen LogP contribution in [-0.4, -0.2) is 17.6 Å². The van der Waals surface area contributed by atoms with Crippen molar-refractivity contribution >= 4 is 35.0 Å². The minimum Gasteiger partial charge on any atom is -0.326 e. The van der Waals surface area contributed by atoms with Crippen molar-refractivity contribution < 1.29 is 9.59 Å². The molecule has 0 saturated carbocycles. The molecule has 0 atom stereocenters. The van der Waals surface area contributed by atoms with E-state index in [-0.39, 0.29) is 11.8 Å². The second-order valence-corrected chi connectivity index (χ2v) is 6.88. The number of para-hydroxylation sites is 1. The maximum atomic E-state index is 12.1. The first-order valence-electron chi connectivity index (χ1n) is 8.46. The lowest BCUT2D eigenvalue weighted by atomic mass is 10.2. The van der Waals surface area contributed by atoms with Crippen LogP contribution in [0.1, 0.15) is 31.7 Å². The number of rotatable bonds is 8. The molecule has 0 saturated heterocycles. The van der Waals surface area contributed by atoms with E-state index in [1.165, 1.54) is 11.8 Å². The zero-order chi connectivity index (χ0) is 18.1. The van der Waals surface area contributed by atoms with E-state index in [0.29, 0.717) is 12.2 Å². The normalized spacial score (nSPS) is 10.3. The third kappa shape index (κ3) is 6.63. The summed E-state index contributed by atoms with van der Waals surface area (Å²) in [5.41, 5.74) is 2.65. The van der Waals surface area contributed by atoms with E-state index in [2.05, 4.69) is 17.6 Å². The lowest BCUT2D eigenvalue weighted by Gasteiger charge is -2.09. The number of amides is 2. The fourth-order valence-corrected chi connectivity index (χ4v) is 3.03. The average molecular weight is 356 g/mol. The Morgan fingerprint density at radius 1 is 1.00 bits per heavy atom. The highest BCUT2D eigenvalue weighted by Crippen LogP contribution is 2.22. The van der Waals surface area contributed by atoms with Crippen LogP contribution in [0.5, 0.6) is 0 Å². The highest BCUT2D eigenvalue weighted by atomic mass is 32.2. The quantitative estimate of drug-likeness (QED) is 0.665. The van der Waals surface area contributed by atoms with Crippen molar-refractivity contribution in [2.24, 2.45) is 0 Å². The van der Waals surface area contributed by atoms with Gasteiger partial charge in [0.2, 0.25) is 11.8 Å². The molecule has 2 rings (SSSR count). The topological polar surface area (TPSA) is 58.2 Å². The summed E-state index contributed by atoms with van der Waals surface area (Å²) in [4.78, 5) is 24.9. The van der Waals surface area contributed by atoms with E-state index in [4.69, 9.17) is 0 Å². The number of benzene rings is 2.